The fourth-order valence-electron chi connectivity index (χ4n) is 4.48. The number of hydrogen-bond donors (Lipinski definition) is 1. The topological polar surface area (TPSA) is 66.9 Å². The summed E-state index contributed by atoms with van der Waals surface area (Å²) in [5.41, 5.74) is 1.04. The van der Waals surface area contributed by atoms with E-state index in [1.807, 2.05) is 47.5 Å². The third-order valence-corrected chi connectivity index (χ3v) is 6.11. The smallest absolute Gasteiger partial charge is 0.318 e. The molecule has 7 heteroatoms. The molecule has 0 spiro atoms. The number of amides is 2. The minimum absolute atomic E-state index is 0.0201. The van der Waals surface area contributed by atoms with Gasteiger partial charge in [0.1, 0.15) is 17.3 Å². The average molecular weight is 411 g/mol. The minimum atomic E-state index is 0.0201. The van der Waals surface area contributed by atoms with Gasteiger partial charge in [-0.05, 0) is 49.9 Å². The quantitative estimate of drug-likeness (QED) is 0.816. The summed E-state index contributed by atoms with van der Waals surface area (Å²) >= 11 is 0. The summed E-state index contributed by atoms with van der Waals surface area (Å²) in [5, 5.41) is 3.27. The van der Waals surface area contributed by atoms with Crippen molar-refractivity contribution in [2.75, 3.05) is 38.8 Å². The van der Waals surface area contributed by atoms with Gasteiger partial charge in [-0.2, -0.15) is 0 Å². The number of carbonyl (C=O) groups is 1. The van der Waals surface area contributed by atoms with E-state index in [1.54, 1.807) is 14.2 Å². The third kappa shape index (κ3) is 4.30. The van der Waals surface area contributed by atoms with E-state index in [0.29, 0.717) is 0 Å². The predicted octanol–water partition coefficient (Wildman–Crippen LogP) is 3.61. The number of aromatic nitrogens is 1. The molecule has 3 heterocycles. The minimum Gasteiger partial charge on any atom is -0.497 e. The average Bonchev–Trinajstić information content (AvgIpc) is 3.29. The van der Waals surface area contributed by atoms with Crippen LogP contribution in [0.2, 0.25) is 0 Å². The Labute approximate surface area is 178 Å². The molecule has 2 aliphatic heterocycles. The SMILES string of the molecule is COc1ccc(C2CCCN2C(=O)NC2CCN(c3ccccn3)CC2)c(OC)c1. The van der Waals surface area contributed by atoms with Crippen LogP contribution >= 0.6 is 0 Å². The maximum Gasteiger partial charge on any atom is 0.318 e. The highest BCUT2D eigenvalue weighted by molar-refractivity contribution is 5.75. The van der Waals surface area contributed by atoms with Crippen LogP contribution in [-0.4, -0.2) is 55.8 Å². The number of ether oxygens (including phenoxy) is 2. The van der Waals surface area contributed by atoms with Crippen molar-refractivity contribution in [1.29, 1.82) is 0 Å². The fourth-order valence-corrected chi connectivity index (χ4v) is 4.48. The molecule has 4 rings (SSSR count). The van der Waals surface area contributed by atoms with E-state index in [1.165, 1.54) is 0 Å². The summed E-state index contributed by atoms with van der Waals surface area (Å²) in [7, 11) is 3.30. The Bertz CT molecular complexity index is 853. The number of methoxy groups -OCH3 is 2. The van der Waals surface area contributed by atoms with Crippen molar-refractivity contribution < 1.29 is 14.3 Å². The molecule has 7 nitrogen and oxygen atoms in total. The van der Waals surface area contributed by atoms with Crippen LogP contribution in [0.3, 0.4) is 0 Å². The number of pyridine rings is 1. The number of benzene rings is 1. The Morgan fingerprint density at radius 2 is 1.90 bits per heavy atom. The van der Waals surface area contributed by atoms with Crippen molar-refractivity contribution >= 4 is 11.8 Å². The molecule has 30 heavy (non-hydrogen) atoms. The van der Waals surface area contributed by atoms with E-state index >= 15 is 0 Å². The molecule has 2 saturated heterocycles. The number of nitrogens with one attached hydrogen (secondary N) is 1. The van der Waals surface area contributed by atoms with Crippen molar-refractivity contribution in [3.05, 3.63) is 48.2 Å². The fraction of sp³-hybridized carbons (Fsp3) is 0.478. The monoisotopic (exact) mass is 410 g/mol. The van der Waals surface area contributed by atoms with Crippen molar-refractivity contribution in [3.8, 4) is 11.5 Å². The largest absolute Gasteiger partial charge is 0.497 e. The van der Waals surface area contributed by atoms with Crippen LogP contribution in [0, 0.1) is 0 Å². The predicted molar refractivity (Wildman–Crippen MR) is 116 cm³/mol. The second-order valence-corrected chi connectivity index (χ2v) is 7.86. The van der Waals surface area contributed by atoms with Crippen LogP contribution in [-0.2, 0) is 0 Å². The summed E-state index contributed by atoms with van der Waals surface area (Å²) in [6.07, 6.45) is 5.60. The lowest BCUT2D eigenvalue weighted by Crippen LogP contribution is -2.49. The Morgan fingerprint density at radius 3 is 2.60 bits per heavy atom. The molecule has 1 atom stereocenters. The van der Waals surface area contributed by atoms with Crippen LogP contribution < -0.4 is 19.7 Å². The number of piperidine rings is 1. The number of likely N-dealkylation sites (tertiary alicyclic amines) is 1. The summed E-state index contributed by atoms with van der Waals surface area (Å²) in [4.78, 5) is 21.8. The normalized spacial score (nSPS) is 19.6. The van der Waals surface area contributed by atoms with Crippen molar-refractivity contribution in [2.24, 2.45) is 0 Å². The van der Waals surface area contributed by atoms with Crippen molar-refractivity contribution in [2.45, 2.75) is 37.8 Å². The summed E-state index contributed by atoms with van der Waals surface area (Å²) in [5.74, 6) is 2.53. The second kappa shape index (κ2) is 9.24. The molecule has 0 aliphatic carbocycles. The van der Waals surface area contributed by atoms with E-state index in [9.17, 15) is 4.79 Å². The van der Waals surface area contributed by atoms with Gasteiger partial charge in [0.25, 0.3) is 0 Å². The Balaban J connectivity index is 1.38. The van der Waals surface area contributed by atoms with Gasteiger partial charge in [0, 0.05) is 43.5 Å². The summed E-state index contributed by atoms with van der Waals surface area (Å²) in [6, 6.07) is 12.0. The van der Waals surface area contributed by atoms with Crippen molar-refractivity contribution in [3.63, 3.8) is 0 Å². The maximum absolute atomic E-state index is 13.1. The zero-order chi connectivity index (χ0) is 20.9. The van der Waals surface area contributed by atoms with Gasteiger partial charge in [0.05, 0.1) is 20.3 Å². The van der Waals surface area contributed by atoms with Gasteiger partial charge in [0.2, 0.25) is 0 Å². The van der Waals surface area contributed by atoms with Gasteiger partial charge >= 0.3 is 6.03 Å². The molecule has 0 radical (unpaired) electrons. The molecule has 160 valence electrons. The molecule has 0 bridgehead atoms. The number of urea groups is 1. The molecule has 2 aliphatic rings. The number of carbonyl (C=O) groups excluding carboxylic acids is 1. The number of nitrogens with zero attached hydrogens (tertiary/aromatic N) is 3. The molecule has 2 amide bonds. The molecule has 1 aromatic carbocycles. The standard InChI is InChI=1S/C23H30N4O3/c1-29-18-8-9-19(21(16-18)30-2)20-6-5-13-27(20)23(28)25-17-10-14-26(15-11-17)22-7-3-4-12-24-22/h3-4,7-9,12,16-17,20H,5-6,10-11,13-15H2,1-2H3,(H,25,28). The van der Waals surface area contributed by atoms with Crippen LogP contribution in [0.1, 0.15) is 37.3 Å². The highest BCUT2D eigenvalue weighted by Gasteiger charge is 2.33. The number of anilines is 1. The molecular weight excluding hydrogens is 380 g/mol. The first-order valence-electron chi connectivity index (χ1n) is 10.6. The van der Waals surface area contributed by atoms with Crippen molar-refractivity contribution in [1.82, 2.24) is 15.2 Å². The third-order valence-electron chi connectivity index (χ3n) is 6.11. The lowest BCUT2D eigenvalue weighted by molar-refractivity contribution is 0.185. The Hall–Kier alpha value is -2.96. The Morgan fingerprint density at radius 1 is 1.07 bits per heavy atom. The Kier molecular flexibility index (Phi) is 6.26. The van der Waals surface area contributed by atoms with Gasteiger partial charge in [0.15, 0.2) is 0 Å². The molecule has 1 aromatic heterocycles. The lowest BCUT2D eigenvalue weighted by atomic mass is 10.0. The van der Waals surface area contributed by atoms with Gasteiger partial charge in [-0.3, -0.25) is 0 Å². The first kappa shape index (κ1) is 20.3. The first-order chi connectivity index (χ1) is 14.7. The number of rotatable bonds is 5. The van der Waals surface area contributed by atoms with E-state index in [0.717, 1.165) is 68.2 Å². The molecule has 1 N–H and O–H groups in total. The highest BCUT2D eigenvalue weighted by Crippen LogP contribution is 2.38. The van der Waals surface area contributed by atoms with Crippen LogP contribution in [0.25, 0.3) is 0 Å². The summed E-state index contributed by atoms with van der Waals surface area (Å²) in [6.45, 7) is 2.56. The van der Waals surface area contributed by atoms with Gasteiger partial charge < -0.3 is 24.6 Å². The van der Waals surface area contributed by atoms with E-state index in [4.69, 9.17) is 9.47 Å². The van der Waals surface area contributed by atoms with Crippen LogP contribution in [0.4, 0.5) is 10.6 Å². The second-order valence-electron chi connectivity index (χ2n) is 7.86. The van der Waals surface area contributed by atoms with Crippen LogP contribution in [0.15, 0.2) is 42.6 Å². The zero-order valence-corrected chi connectivity index (χ0v) is 17.7. The molecule has 0 saturated carbocycles. The lowest BCUT2D eigenvalue weighted by Gasteiger charge is -2.35. The zero-order valence-electron chi connectivity index (χ0n) is 17.7. The van der Waals surface area contributed by atoms with E-state index in [-0.39, 0.29) is 18.1 Å². The number of hydrogen-bond acceptors (Lipinski definition) is 5. The van der Waals surface area contributed by atoms with Gasteiger partial charge in [-0.1, -0.05) is 6.07 Å². The molecule has 1 unspecified atom stereocenters. The molecular formula is C23H30N4O3. The van der Waals surface area contributed by atoms with Crippen LogP contribution in [0.5, 0.6) is 11.5 Å². The summed E-state index contributed by atoms with van der Waals surface area (Å²) < 4.78 is 10.9. The molecule has 2 aromatic rings. The maximum atomic E-state index is 13.1. The van der Waals surface area contributed by atoms with Gasteiger partial charge in [-0.25, -0.2) is 9.78 Å². The van der Waals surface area contributed by atoms with Gasteiger partial charge in [-0.15, -0.1) is 0 Å². The first-order valence-corrected chi connectivity index (χ1v) is 10.6. The highest BCUT2D eigenvalue weighted by atomic mass is 16.5. The van der Waals surface area contributed by atoms with E-state index < -0.39 is 0 Å². The molecule has 2 fully saturated rings. The van der Waals surface area contributed by atoms with E-state index in [2.05, 4.69) is 15.2 Å².